The molecule has 2 atom stereocenters. The van der Waals surface area contributed by atoms with Crippen molar-refractivity contribution < 1.29 is 14.4 Å². The quantitative estimate of drug-likeness (QED) is 0.405. The molecule has 3 aliphatic rings. The van der Waals surface area contributed by atoms with Gasteiger partial charge in [-0.05, 0) is 6.42 Å². The van der Waals surface area contributed by atoms with Gasteiger partial charge in [0, 0.05) is 6.42 Å². The maximum Gasteiger partial charge on any atom is 0.307 e. The molecule has 0 bridgehead atoms. The molecule has 7 heteroatoms. The van der Waals surface area contributed by atoms with Crippen LogP contribution < -0.4 is 16.4 Å². The Morgan fingerprint density at radius 2 is 2.53 bits per heavy atom. The number of aliphatic hydroxyl groups excluding tert-OH is 1. The lowest BCUT2D eigenvalue weighted by molar-refractivity contribution is -0.484. The molecule has 17 heavy (non-hydrogen) atoms. The molecule has 3 aliphatic heterocycles. The minimum atomic E-state index is -0.341. The molecular formula is C10H16N5O2+. The summed E-state index contributed by atoms with van der Waals surface area (Å²) < 4.78 is 7.68. The van der Waals surface area contributed by atoms with Gasteiger partial charge in [-0.15, -0.1) is 0 Å². The first-order valence-electron chi connectivity index (χ1n) is 5.72. The number of nitrogens with one attached hydrogen (secondary N) is 2. The summed E-state index contributed by atoms with van der Waals surface area (Å²) in [5.41, 5.74) is 6.74. The van der Waals surface area contributed by atoms with Gasteiger partial charge < -0.3 is 20.9 Å². The van der Waals surface area contributed by atoms with E-state index in [2.05, 4.69) is 15.6 Å². The minimum Gasteiger partial charge on any atom is -0.460 e. The fraction of sp³-hybridized carbons (Fsp3) is 0.600. The van der Waals surface area contributed by atoms with E-state index in [1.807, 2.05) is 4.58 Å². The van der Waals surface area contributed by atoms with Crippen LogP contribution in [0.25, 0.3) is 0 Å². The highest BCUT2D eigenvalue weighted by atomic mass is 16.5. The summed E-state index contributed by atoms with van der Waals surface area (Å²) in [5, 5.41) is 15.3. The number of nitrogens with two attached hydrogens (primary N) is 1. The van der Waals surface area contributed by atoms with Crippen molar-refractivity contribution in [2.75, 3.05) is 13.3 Å². The zero-order valence-corrected chi connectivity index (χ0v) is 9.39. The average molecular weight is 238 g/mol. The van der Waals surface area contributed by atoms with E-state index < -0.39 is 0 Å². The van der Waals surface area contributed by atoms with Crippen LogP contribution in [0.4, 0.5) is 0 Å². The topological polar surface area (TPSA) is 94.9 Å². The molecule has 1 fully saturated rings. The van der Waals surface area contributed by atoms with Gasteiger partial charge in [0.15, 0.2) is 13.0 Å². The summed E-state index contributed by atoms with van der Waals surface area (Å²) in [7, 11) is 0. The molecule has 3 rings (SSSR count). The largest absolute Gasteiger partial charge is 0.460 e. The Morgan fingerprint density at radius 3 is 3.29 bits per heavy atom. The molecule has 0 radical (unpaired) electrons. The number of hydrogen-bond acceptors (Lipinski definition) is 6. The Hall–Kier alpha value is -1.60. The fourth-order valence-corrected chi connectivity index (χ4v) is 2.26. The van der Waals surface area contributed by atoms with Gasteiger partial charge in [0.05, 0.1) is 6.61 Å². The third-order valence-electron chi connectivity index (χ3n) is 3.17. The second kappa shape index (κ2) is 4.01. The van der Waals surface area contributed by atoms with E-state index in [0.717, 1.165) is 30.3 Å². The van der Waals surface area contributed by atoms with Crippen LogP contribution in [-0.4, -0.2) is 47.5 Å². The predicted octanol–water partition coefficient (Wildman–Crippen LogP) is -1.79. The van der Waals surface area contributed by atoms with Gasteiger partial charge in [-0.3, -0.25) is 0 Å². The lowest BCUT2D eigenvalue weighted by Crippen LogP contribution is -2.34. The van der Waals surface area contributed by atoms with Crippen molar-refractivity contribution in [2.45, 2.75) is 25.1 Å². The number of aliphatic hydroxyl groups is 1. The van der Waals surface area contributed by atoms with Crippen LogP contribution in [0.15, 0.2) is 16.5 Å². The van der Waals surface area contributed by atoms with Crippen LogP contribution >= 0.6 is 0 Å². The second-order valence-electron chi connectivity index (χ2n) is 4.25. The molecule has 5 N–H and O–H groups in total. The first-order valence-corrected chi connectivity index (χ1v) is 5.72. The molecule has 0 amide bonds. The molecule has 2 unspecified atom stereocenters. The summed E-state index contributed by atoms with van der Waals surface area (Å²) >= 11 is 0. The molecule has 0 aromatic heterocycles. The molecule has 0 spiro atoms. The number of nitrogens with zero attached hydrogens (tertiary/aromatic N) is 2. The van der Waals surface area contributed by atoms with E-state index in [4.69, 9.17) is 15.6 Å². The molecule has 0 aromatic carbocycles. The van der Waals surface area contributed by atoms with Crippen LogP contribution in [-0.2, 0) is 4.74 Å². The molecule has 0 saturated carbocycles. The highest BCUT2D eigenvalue weighted by Crippen LogP contribution is 2.20. The first kappa shape index (κ1) is 10.5. The lowest BCUT2D eigenvalue weighted by atomic mass is 10.2. The van der Waals surface area contributed by atoms with Crippen molar-refractivity contribution in [2.24, 2.45) is 10.7 Å². The van der Waals surface area contributed by atoms with Crippen molar-refractivity contribution in [3.63, 3.8) is 0 Å². The summed E-state index contributed by atoms with van der Waals surface area (Å²) in [6, 6.07) is 0. The van der Waals surface area contributed by atoms with Gasteiger partial charge >= 0.3 is 5.82 Å². The van der Waals surface area contributed by atoms with Crippen molar-refractivity contribution in [1.29, 1.82) is 0 Å². The first-order chi connectivity index (χ1) is 8.29. The SMILES string of the molecule is NC1N=CNC2=C1NC/[N+]2=C1/CCC(CO)O1. The van der Waals surface area contributed by atoms with Gasteiger partial charge in [-0.2, -0.15) is 4.58 Å². The van der Waals surface area contributed by atoms with Crippen LogP contribution in [0.5, 0.6) is 0 Å². The zero-order chi connectivity index (χ0) is 11.8. The summed E-state index contributed by atoms with van der Waals surface area (Å²) in [4.78, 5) is 4.07. The predicted molar refractivity (Wildman–Crippen MR) is 61.1 cm³/mol. The average Bonchev–Trinajstić information content (AvgIpc) is 2.94. The van der Waals surface area contributed by atoms with Gasteiger partial charge in [-0.1, -0.05) is 0 Å². The van der Waals surface area contributed by atoms with E-state index in [9.17, 15) is 0 Å². The van der Waals surface area contributed by atoms with E-state index in [1.165, 1.54) is 0 Å². The summed E-state index contributed by atoms with van der Waals surface area (Å²) in [6.07, 6.45) is 2.86. The highest BCUT2D eigenvalue weighted by molar-refractivity contribution is 5.74. The molecule has 1 saturated heterocycles. The van der Waals surface area contributed by atoms with Gasteiger partial charge in [0.25, 0.3) is 5.90 Å². The Kier molecular flexibility index (Phi) is 2.49. The van der Waals surface area contributed by atoms with Crippen LogP contribution in [0, 0.1) is 0 Å². The van der Waals surface area contributed by atoms with Crippen LogP contribution in [0.3, 0.4) is 0 Å². The molecule has 7 nitrogen and oxygen atoms in total. The van der Waals surface area contributed by atoms with Crippen molar-refractivity contribution in [3.05, 3.63) is 11.5 Å². The van der Waals surface area contributed by atoms with E-state index in [0.29, 0.717) is 6.67 Å². The smallest absolute Gasteiger partial charge is 0.307 e. The highest BCUT2D eigenvalue weighted by Gasteiger charge is 2.36. The van der Waals surface area contributed by atoms with E-state index in [-0.39, 0.29) is 18.9 Å². The van der Waals surface area contributed by atoms with Crippen molar-refractivity contribution >= 4 is 12.2 Å². The van der Waals surface area contributed by atoms with Crippen molar-refractivity contribution in [1.82, 2.24) is 10.6 Å². The number of aliphatic imine (C=N–C) groups is 1. The standard InChI is InChI=1S/C10H16N5O2/c11-9-8-10(13-4-12-9)15(5-14-8)7-2-1-6(3-16)17-7/h4,6,9,14,16H,1-3,5,11H2,(H,12,13)/q+1/b15-7+. The minimum absolute atomic E-state index is 0.0606. The third kappa shape index (κ3) is 1.67. The number of ether oxygens (including phenoxy) is 1. The molecule has 92 valence electrons. The summed E-state index contributed by atoms with van der Waals surface area (Å²) in [5.74, 6) is 1.78. The van der Waals surface area contributed by atoms with Crippen molar-refractivity contribution in [3.8, 4) is 0 Å². The molecule has 0 aromatic rings. The fourth-order valence-electron chi connectivity index (χ4n) is 2.26. The van der Waals surface area contributed by atoms with E-state index in [1.54, 1.807) is 6.34 Å². The number of hydrogen-bond donors (Lipinski definition) is 4. The molecule has 3 heterocycles. The Labute approximate surface area is 98.7 Å². The van der Waals surface area contributed by atoms with Gasteiger partial charge in [0.1, 0.15) is 18.0 Å². The van der Waals surface area contributed by atoms with Crippen LogP contribution in [0.1, 0.15) is 12.8 Å². The second-order valence-corrected chi connectivity index (χ2v) is 4.25. The Morgan fingerprint density at radius 1 is 1.65 bits per heavy atom. The summed E-state index contributed by atoms with van der Waals surface area (Å²) in [6.45, 7) is 0.688. The molecular weight excluding hydrogens is 222 g/mol. The maximum atomic E-state index is 9.06. The van der Waals surface area contributed by atoms with Gasteiger partial charge in [-0.25, -0.2) is 10.3 Å². The van der Waals surface area contributed by atoms with E-state index >= 15 is 0 Å². The monoisotopic (exact) mass is 238 g/mol. The normalized spacial score (nSPS) is 35.4. The maximum absolute atomic E-state index is 9.06. The van der Waals surface area contributed by atoms with Crippen LogP contribution in [0.2, 0.25) is 0 Å². The third-order valence-corrected chi connectivity index (χ3v) is 3.17. The number of rotatable bonds is 1. The Balaban J connectivity index is 1.89. The molecule has 0 aliphatic carbocycles. The zero-order valence-electron chi connectivity index (χ0n) is 9.39. The van der Waals surface area contributed by atoms with Gasteiger partial charge in [0.2, 0.25) is 0 Å². The lowest BCUT2D eigenvalue weighted by Gasteiger charge is -2.11. The Bertz CT molecular complexity index is 428.